The quantitative estimate of drug-likeness (QED) is 0.463. The molecule has 0 spiro atoms. The molecule has 1 saturated heterocycles. The molecule has 1 heterocycles. The van der Waals surface area contributed by atoms with Crippen LogP contribution in [0.15, 0.2) is 12.3 Å². The summed E-state index contributed by atoms with van der Waals surface area (Å²) in [5, 5.41) is 0. The van der Waals surface area contributed by atoms with Gasteiger partial charge in [0, 0.05) is 0 Å². The molecule has 0 aromatic rings. The van der Waals surface area contributed by atoms with E-state index in [-0.39, 0.29) is 5.76 Å². The van der Waals surface area contributed by atoms with Crippen molar-refractivity contribution in [3.8, 4) is 0 Å². The molecule has 0 atom stereocenters. The van der Waals surface area contributed by atoms with Crippen molar-refractivity contribution in [2.75, 3.05) is 0 Å². The van der Waals surface area contributed by atoms with E-state index in [2.05, 4.69) is 11.3 Å². The predicted molar refractivity (Wildman–Crippen MR) is 24.8 cm³/mol. The first-order chi connectivity index (χ1) is 4.02. The molecule has 0 aromatic heterocycles. The number of cyclic esters (lactones) is 1. The summed E-state index contributed by atoms with van der Waals surface area (Å²) in [7, 11) is 0. The fourth-order valence-corrected chi connectivity index (χ4v) is 0.562. The Bertz CT molecular complexity index is 174. The molecule has 0 unspecified atom stereocenters. The third kappa shape index (κ3) is 0.918. The van der Waals surface area contributed by atoms with Gasteiger partial charge in [0.15, 0.2) is 0 Å². The van der Waals surface area contributed by atoms with Crippen molar-refractivity contribution in [2.45, 2.75) is 12.3 Å². The minimum absolute atomic E-state index is 0.162. The number of hydrogen-bond acceptors (Lipinski definition) is 2. The Kier molecular flexibility index (Phi) is 1.05. The minimum Gasteiger partial charge on any atom is -0.427 e. The van der Waals surface area contributed by atoms with Crippen molar-refractivity contribution >= 4 is 5.97 Å². The van der Waals surface area contributed by atoms with Crippen molar-refractivity contribution in [3.63, 3.8) is 0 Å². The largest absolute Gasteiger partial charge is 0.427 e. The van der Waals surface area contributed by atoms with Gasteiger partial charge in [-0.15, -0.1) is 0 Å². The summed E-state index contributed by atoms with van der Waals surface area (Å²) in [6, 6.07) is 0. The third-order valence-electron chi connectivity index (χ3n) is 0.955. The summed E-state index contributed by atoms with van der Waals surface area (Å²) in [4.78, 5) is 10.1. The van der Waals surface area contributed by atoms with Gasteiger partial charge in [0.25, 0.3) is 0 Å². The average molecular weight is 134 g/mol. The summed E-state index contributed by atoms with van der Waals surface area (Å²) in [6.45, 7) is 3.08. The maximum atomic E-state index is 12.1. The van der Waals surface area contributed by atoms with E-state index < -0.39 is 18.3 Å². The number of hydrogen-bond donors (Lipinski definition) is 0. The molecule has 0 N–H and O–H groups in total. The zero-order valence-corrected chi connectivity index (χ0v) is 4.49. The fourth-order valence-electron chi connectivity index (χ4n) is 0.562. The highest BCUT2D eigenvalue weighted by Crippen LogP contribution is 2.31. The van der Waals surface area contributed by atoms with Gasteiger partial charge >= 0.3 is 11.9 Å². The molecule has 0 aromatic carbocycles. The Labute approximate surface area is 50.1 Å². The van der Waals surface area contributed by atoms with Gasteiger partial charge in [-0.05, 0) is 0 Å². The summed E-state index contributed by atoms with van der Waals surface area (Å²) in [5.74, 6) is -4.99. The maximum absolute atomic E-state index is 12.1. The molecule has 1 aliphatic heterocycles. The van der Waals surface area contributed by atoms with Gasteiger partial charge in [-0.1, -0.05) is 6.58 Å². The van der Waals surface area contributed by atoms with Crippen molar-refractivity contribution < 1.29 is 18.3 Å². The van der Waals surface area contributed by atoms with Crippen molar-refractivity contribution in [1.82, 2.24) is 0 Å². The van der Waals surface area contributed by atoms with Crippen LogP contribution in [0.2, 0.25) is 0 Å². The van der Waals surface area contributed by atoms with Gasteiger partial charge in [-0.25, -0.2) is 4.79 Å². The number of rotatable bonds is 0. The predicted octanol–water partition coefficient (Wildman–Crippen LogP) is 1.08. The first kappa shape index (κ1) is 6.19. The molecule has 1 fully saturated rings. The van der Waals surface area contributed by atoms with Crippen LogP contribution >= 0.6 is 0 Å². The molecule has 0 radical (unpaired) electrons. The van der Waals surface area contributed by atoms with E-state index in [9.17, 15) is 13.6 Å². The lowest BCUT2D eigenvalue weighted by atomic mass is 10.3. The molecule has 0 aliphatic carbocycles. The van der Waals surface area contributed by atoms with E-state index in [1.807, 2.05) is 0 Å². The second-order valence-electron chi connectivity index (χ2n) is 1.81. The van der Waals surface area contributed by atoms with Gasteiger partial charge in [0.1, 0.15) is 5.76 Å². The van der Waals surface area contributed by atoms with Gasteiger partial charge in [-0.2, -0.15) is 8.78 Å². The Hall–Kier alpha value is -0.930. The normalized spacial score (nSPS) is 24.2. The van der Waals surface area contributed by atoms with Crippen LogP contribution in [0, 0.1) is 0 Å². The topological polar surface area (TPSA) is 26.3 Å². The molecule has 1 rings (SSSR count). The zero-order chi connectivity index (χ0) is 7.07. The van der Waals surface area contributed by atoms with Crippen molar-refractivity contribution in [2.24, 2.45) is 0 Å². The van der Waals surface area contributed by atoms with Crippen LogP contribution in [-0.2, 0) is 9.53 Å². The lowest BCUT2D eigenvalue weighted by Gasteiger charge is -1.97. The lowest BCUT2D eigenvalue weighted by molar-refractivity contribution is -0.156. The first-order valence-corrected chi connectivity index (χ1v) is 2.30. The molecule has 9 heavy (non-hydrogen) atoms. The van der Waals surface area contributed by atoms with E-state index in [0.29, 0.717) is 0 Å². The number of carbonyl (C=O) groups is 1. The monoisotopic (exact) mass is 134 g/mol. The van der Waals surface area contributed by atoms with Gasteiger partial charge in [-0.3, -0.25) is 0 Å². The molecular formula is C5H4F2O2. The summed E-state index contributed by atoms with van der Waals surface area (Å²) in [5.41, 5.74) is 0. The minimum atomic E-state index is -3.34. The van der Waals surface area contributed by atoms with E-state index in [1.165, 1.54) is 0 Å². The highest BCUT2D eigenvalue weighted by Gasteiger charge is 2.47. The fraction of sp³-hybridized carbons (Fsp3) is 0.400. The van der Waals surface area contributed by atoms with Crippen LogP contribution in [0.5, 0.6) is 0 Å². The van der Waals surface area contributed by atoms with Crippen LogP contribution in [0.4, 0.5) is 8.78 Å². The van der Waals surface area contributed by atoms with Crippen LogP contribution in [0.3, 0.4) is 0 Å². The second-order valence-corrected chi connectivity index (χ2v) is 1.81. The molecule has 0 bridgehead atoms. The Morgan fingerprint density at radius 1 is 1.67 bits per heavy atom. The van der Waals surface area contributed by atoms with Gasteiger partial charge < -0.3 is 4.74 Å². The maximum Gasteiger partial charge on any atom is 0.382 e. The highest BCUT2D eigenvalue weighted by atomic mass is 19.3. The van der Waals surface area contributed by atoms with Crippen LogP contribution < -0.4 is 0 Å². The molecule has 4 heteroatoms. The SMILES string of the molecule is C=C1CC(F)(F)C(=O)O1. The number of carbonyl (C=O) groups excluding carboxylic acids is 1. The Morgan fingerprint density at radius 2 is 2.22 bits per heavy atom. The van der Waals surface area contributed by atoms with Crippen LogP contribution in [0.1, 0.15) is 6.42 Å². The van der Waals surface area contributed by atoms with E-state index in [4.69, 9.17) is 0 Å². The Balaban J connectivity index is 2.81. The highest BCUT2D eigenvalue weighted by molar-refractivity contribution is 5.81. The number of allylic oxidation sites excluding steroid dienone is 1. The van der Waals surface area contributed by atoms with E-state index in [0.717, 1.165) is 0 Å². The lowest BCUT2D eigenvalue weighted by Crippen LogP contribution is -2.21. The van der Waals surface area contributed by atoms with Gasteiger partial charge in [0.05, 0.1) is 6.42 Å². The summed E-state index contributed by atoms with van der Waals surface area (Å²) in [6.07, 6.45) is -0.675. The number of ether oxygens (including phenoxy) is 1. The molecule has 50 valence electrons. The summed E-state index contributed by atoms with van der Waals surface area (Å²) >= 11 is 0. The van der Waals surface area contributed by atoms with E-state index >= 15 is 0 Å². The zero-order valence-electron chi connectivity index (χ0n) is 4.49. The molecule has 1 aliphatic rings. The molecule has 0 saturated carbocycles. The smallest absolute Gasteiger partial charge is 0.382 e. The van der Waals surface area contributed by atoms with Gasteiger partial charge in [0.2, 0.25) is 0 Å². The third-order valence-corrected chi connectivity index (χ3v) is 0.955. The average Bonchev–Trinajstić information content (AvgIpc) is 1.79. The molecule has 0 amide bonds. The van der Waals surface area contributed by atoms with Crippen LogP contribution in [-0.4, -0.2) is 11.9 Å². The van der Waals surface area contributed by atoms with E-state index in [1.54, 1.807) is 0 Å². The Morgan fingerprint density at radius 3 is 2.33 bits per heavy atom. The first-order valence-electron chi connectivity index (χ1n) is 2.30. The van der Waals surface area contributed by atoms with Crippen molar-refractivity contribution in [3.05, 3.63) is 12.3 Å². The number of halogens is 2. The number of alkyl halides is 2. The molecule has 2 nitrogen and oxygen atoms in total. The standard InChI is InChI=1S/C5H4F2O2/c1-3-2-5(6,7)4(8)9-3/h1-2H2. The summed E-state index contributed by atoms with van der Waals surface area (Å²) < 4.78 is 28.1. The molecular weight excluding hydrogens is 130 g/mol. The second kappa shape index (κ2) is 1.52. The number of esters is 1. The van der Waals surface area contributed by atoms with Crippen molar-refractivity contribution in [1.29, 1.82) is 0 Å². The van der Waals surface area contributed by atoms with Crippen LogP contribution in [0.25, 0.3) is 0 Å².